The van der Waals surface area contributed by atoms with Crippen LogP contribution in [0.2, 0.25) is 0 Å². The second kappa shape index (κ2) is 7.50. The molecule has 0 fully saturated rings. The molecule has 1 amide bonds. The topological polar surface area (TPSA) is 57.6 Å². The second-order valence-electron chi connectivity index (χ2n) is 4.75. The number of carbonyl (C=O) groups excluding carboxylic acids is 1. The first-order valence-corrected chi connectivity index (χ1v) is 8.01. The van der Waals surface area contributed by atoms with E-state index in [9.17, 15) is 9.59 Å². The minimum atomic E-state index is -0.960. The van der Waals surface area contributed by atoms with E-state index in [1.165, 1.54) is 0 Å². The maximum absolute atomic E-state index is 12.2. The highest BCUT2D eigenvalue weighted by atomic mass is 32.2. The maximum Gasteiger partial charge on any atom is 0.319 e. The molecule has 0 aliphatic rings. The van der Waals surface area contributed by atoms with E-state index in [4.69, 9.17) is 5.11 Å². The van der Waals surface area contributed by atoms with E-state index < -0.39 is 10.7 Å². The van der Waals surface area contributed by atoms with Crippen LogP contribution >= 0.6 is 23.1 Å². The molecule has 0 aromatic carbocycles. The van der Waals surface area contributed by atoms with Gasteiger partial charge in [0.2, 0.25) is 5.91 Å². The van der Waals surface area contributed by atoms with Crippen LogP contribution in [0.3, 0.4) is 0 Å². The zero-order valence-corrected chi connectivity index (χ0v) is 13.3. The van der Waals surface area contributed by atoms with Gasteiger partial charge >= 0.3 is 5.97 Å². The maximum atomic E-state index is 12.2. The Balaban J connectivity index is 2.60. The highest BCUT2D eigenvalue weighted by Crippen LogP contribution is 2.25. The number of aliphatic carboxylic acids is 1. The lowest BCUT2D eigenvalue weighted by atomic mass is 10.2. The van der Waals surface area contributed by atoms with Crippen LogP contribution in [0.5, 0.6) is 0 Å². The van der Waals surface area contributed by atoms with Gasteiger partial charge < -0.3 is 10.0 Å². The summed E-state index contributed by atoms with van der Waals surface area (Å²) in [6.07, 6.45) is 1.68. The predicted molar refractivity (Wildman–Crippen MR) is 84.1 cm³/mol. The molecule has 0 atom stereocenters. The molecular weight excluding hydrogens is 294 g/mol. The monoisotopic (exact) mass is 313 g/mol. The Morgan fingerprint density at radius 2 is 2.25 bits per heavy atom. The van der Waals surface area contributed by atoms with Crippen LogP contribution in [0.15, 0.2) is 30.2 Å². The summed E-state index contributed by atoms with van der Waals surface area (Å²) in [6.45, 7) is 7.86. The van der Waals surface area contributed by atoms with Crippen LogP contribution in [-0.4, -0.2) is 38.9 Å². The van der Waals surface area contributed by atoms with Gasteiger partial charge in [-0.25, -0.2) is 0 Å². The van der Waals surface area contributed by atoms with Crippen molar-refractivity contribution < 1.29 is 14.7 Å². The lowest BCUT2D eigenvalue weighted by Gasteiger charge is -2.23. The molecule has 0 unspecified atom stereocenters. The zero-order chi connectivity index (χ0) is 15.2. The summed E-state index contributed by atoms with van der Waals surface area (Å²) >= 11 is 2.73. The molecule has 0 bridgehead atoms. The number of rotatable bonds is 8. The number of thiophene rings is 1. The van der Waals surface area contributed by atoms with Crippen molar-refractivity contribution in [3.05, 3.63) is 35.0 Å². The molecule has 0 radical (unpaired) electrons. The van der Waals surface area contributed by atoms with Crippen LogP contribution in [0.1, 0.15) is 18.7 Å². The third-order valence-corrected chi connectivity index (χ3v) is 4.85. The van der Waals surface area contributed by atoms with Crippen molar-refractivity contribution in [1.82, 2.24) is 4.90 Å². The van der Waals surface area contributed by atoms with Crippen molar-refractivity contribution in [2.75, 3.05) is 12.3 Å². The fourth-order valence-electron chi connectivity index (χ4n) is 1.40. The number of nitrogens with zero attached hydrogens (tertiary/aromatic N) is 1. The minimum absolute atomic E-state index is 0.0716. The van der Waals surface area contributed by atoms with Gasteiger partial charge in [-0.05, 0) is 25.3 Å². The molecule has 0 saturated carbocycles. The van der Waals surface area contributed by atoms with Crippen molar-refractivity contribution >= 4 is 35.0 Å². The molecular formula is C14H19NO3S2. The number of hydrogen-bond acceptors (Lipinski definition) is 4. The van der Waals surface area contributed by atoms with Gasteiger partial charge in [-0.15, -0.1) is 29.7 Å². The molecule has 0 saturated heterocycles. The fourth-order valence-corrected chi connectivity index (χ4v) is 2.91. The first-order chi connectivity index (χ1) is 9.36. The van der Waals surface area contributed by atoms with Crippen molar-refractivity contribution in [2.24, 2.45) is 0 Å². The summed E-state index contributed by atoms with van der Waals surface area (Å²) in [6, 6.07) is 3.92. The van der Waals surface area contributed by atoms with Gasteiger partial charge in [-0.3, -0.25) is 9.59 Å². The zero-order valence-electron chi connectivity index (χ0n) is 11.7. The highest BCUT2D eigenvalue weighted by Gasteiger charge is 2.29. The Labute approximate surface area is 127 Å². The summed E-state index contributed by atoms with van der Waals surface area (Å²) in [7, 11) is 0. The van der Waals surface area contributed by atoms with Gasteiger partial charge in [0, 0.05) is 11.4 Å². The molecule has 110 valence electrons. The summed E-state index contributed by atoms with van der Waals surface area (Å²) < 4.78 is -0.960. The second-order valence-corrected chi connectivity index (χ2v) is 7.38. The Hall–Kier alpha value is -1.27. The lowest BCUT2D eigenvalue weighted by molar-refractivity contribution is -0.138. The molecule has 1 heterocycles. The molecule has 0 aliphatic heterocycles. The smallest absolute Gasteiger partial charge is 0.319 e. The first kappa shape index (κ1) is 16.8. The Kier molecular flexibility index (Phi) is 6.29. The highest BCUT2D eigenvalue weighted by molar-refractivity contribution is 8.01. The van der Waals surface area contributed by atoms with E-state index >= 15 is 0 Å². The average Bonchev–Trinajstić information content (AvgIpc) is 2.88. The van der Waals surface area contributed by atoms with Crippen molar-refractivity contribution in [1.29, 1.82) is 0 Å². The third-order valence-electron chi connectivity index (χ3n) is 2.70. The van der Waals surface area contributed by atoms with E-state index in [2.05, 4.69) is 6.58 Å². The lowest BCUT2D eigenvalue weighted by Crippen LogP contribution is -2.35. The number of amides is 1. The van der Waals surface area contributed by atoms with E-state index in [1.807, 2.05) is 17.5 Å². The predicted octanol–water partition coefficient (Wildman–Crippen LogP) is 2.86. The summed E-state index contributed by atoms with van der Waals surface area (Å²) in [5.74, 6) is -0.833. The molecule has 1 aromatic rings. The minimum Gasteiger partial charge on any atom is -0.480 e. The average molecular weight is 313 g/mol. The quantitative estimate of drug-likeness (QED) is 0.750. The Morgan fingerprint density at radius 3 is 2.75 bits per heavy atom. The van der Waals surface area contributed by atoms with Gasteiger partial charge in [0.25, 0.3) is 0 Å². The summed E-state index contributed by atoms with van der Waals surface area (Å²) in [5, 5.41) is 11.0. The molecule has 1 aromatic heterocycles. The summed E-state index contributed by atoms with van der Waals surface area (Å²) in [4.78, 5) is 26.0. The number of carboxylic acids is 1. The van der Waals surface area contributed by atoms with E-state index in [1.54, 1.807) is 36.2 Å². The molecule has 20 heavy (non-hydrogen) atoms. The van der Waals surface area contributed by atoms with Gasteiger partial charge in [-0.1, -0.05) is 12.1 Å². The van der Waals surface area contributed by atoms with Gasteiger partial charge in [0.1, 0.15) is 4.75 Å². The molecule has 0 spiro atoms. The van der Waals surface area contributed by atoms with Crippen LogP contribution in [0.4, 0.5) is 0 Å². The van der Waals surface area contributed by atoms with E-state index in [0.29, 0.717) is 13.1 Å². The molecule has 6 heteroatoms. The SMILES string of the molecule is C=CCN(Cc1cccs1)C(=O)CSC(C)(C)C(=O)O. The van der Waals surface area contributed by atoms with Crippen molar-refractivity contribution in [2.45, 2.75) is 25.1 Å². The Bertz CT molecular complexity index is 469. The van der Waals surface area contributed by atoms with Crippen LogP contribution in [0.25, 0.3) is 0 Å². The summed E-state index contributed by atoms with van der Waals surface area (Å²) in [5.41, 5.74) is 0. The number of carbonyl (C=O) groups is 2. The van der Waals surface area contributed by atoms with Crippen molar-refractivity contribution in [3.63, 3.8) is 0 Å². The van der Waals surface area contributed by atoms with Crippen LogP contribution in [0, 0.1) is 0 Å². The standard InChI is InChI=1S/C14H19NO3S2/c1-4-7-15(9-11-6-5-8-19-11)12(16)10-20-14(2,3)13(17)18/h4-6,8H,1,7,9-10H2,2-3H3,(H,17,18). The fraction of sp³-hybridized carbons (Fsp3) is 0.429. The number of hydrogen-bond donors (Lipinski definition) is 1. The molecule has 0 aliphatic carbocycles. The number of thioether (sulfide) groups is 1. The third kappa shape index (κ3) is 5.02. The van der Waals surface area contributed by atoms with E-state index in [-0.39, 0.29) is 11.7 Å². The Morgan fingerprint density at radius 1 is 1.55 bits per heavy atom. The van der Waals surface area contributed by atoms with Crippen molar-refractivity contribution in [3.8, 4) is 0 Å². The largest absolute Gasteiger partial charge is 0.480 e. The van der Waals surface area contributed by atoms with Crippen LogP contribution in [-0.2, 0) is 16.1 Å². The van der Waals surface area contributed by atoms with E-state index in [0.717, 1.165) is 16.6 Å². The van der Waals surface area contributed by atoms with Crippen LogP contribution < -0.4 is 0 Å². The molecule has 1 N–H and O–H groups in total. The number of carboxylic acid groups (broad SMARTS) is 1. The van der Waals surface area contributed by atoms with Gasteiger partial charge in [0.15, 0.2) is 0 Å². The van der Waals surface area contributed by atoms with Gasteiger partial charge in [0.05, 0.1) is 12.3 Å². The first-order valence-electron chi connectivity index (χ1n) is 6.15. The normalized spacial score (nSPS) is 11.1. The van der Waals surface area contributed by atoms with Gasteiger partial charge in [-0.2, -0.15) is 0 Å². The molecule has 1 rings (SSSR count). The molecule has 4 nitrogen and oxygen atoms in total.